The molecule has 4 rings (SSSR count). The van der Waals surface area contributed by atoms with Gasteiger partial charge in [0, 0.05) is 5.57 Å². The minimum Gasteiger partial charge on any atom is -0.294 e. The first-order valence-corrected chi connectivity index (χ1v) is 8.03. The molecule has 122 valence electrons. The zero-order valence-electron chi connectivity index (χ0n) is 13.4. The summed E-state index contributed by atoms with van der Waals surface area (Å²) in [6.07, 6.45) is 3.51. The van der Waals surface area contributed by atoms with E-state index in [0.29, 0.717) is 0 Å². The molecule has 2 aromatic rings. The number of carbonyl (C=O) groups excluding carboxylic acids is 3. The van der Waals surface area contributed by atoms with E-state index in [1.165, 1.54) is 11.1 Å². The van der Waals surface area contributed by atoms with Crippen molar-refractivity contribution in [2.75, 3.05) is 0 Å². The van der Waals surface area contributed by atoms with Gasteiger partial charge in [0.15, 0.2) is 5.78 Å². The maximum absolute atomic E-state index is 12.2. The van der Waals surface area contributed by atoms with E-state index in [2.05, 4.69) is 30.1 Å². The van der Waals surface area contributed by atoms with Crippen LogP contribution in [0.4, 0.5) is 0 Å². The van der Waals surface area contributed by atoms with Gasteiger partial charge in [0.1, 0.15) is 5.92 Å². The molecule has 2 aromatic carbocycles. The standard InChI is InChI=1S/C21H15NO3/c1-2-18(23)19-17(20(24)22-21(19)25)11-13-7-5-9-15-14-8-4-3-6-12(14)10-16(13)15/h2-9,11,19H,1,10H2,(H,22,24,25). The first-order chi connectivity index (χ1) is 12.1. The molecule has 4 nitrogen and oxygen atoms in total. The molecule has 1 heterocycles. The van der Waals surface area contributed by atoms with Gasteiger partial charge in [0.05, 0.1) is 0 Å². The Bertz CT molecular complexity index is 984. The van der Waals surface area contributed by atoms with Crippen LogP contribution in [0.2, 0.25) is 0 Å². The van der Waals surface area contributed by atoms with Crippen LogP contribution in [0.1, 0.15) is 16.7 Å². The summed E-state index contributed by atoms with van der Waals surface area (Å²) in [5.41, 5.74) is 5.68. The van der Waals surface area contributed by atoms with Crippen molar-refractivity contribution < 1.29 is 14.4 Å². The van der Waals surface area contributed by atoms with E-state index in [1.54, 1.807) is 6.08 Å². The molecule has 0 saturated carbocycles. The fourth-order valence-electron chi connectivity index (χ4n) is 3.56. The van der Waals surface area contributed by atoms with Gasteiger partial charge in [-0.05, 0) is 46.4 Å². The molecular weight excluding hydrogens is 314 g/mol. The maximum atomic E-state index is 12.2. The van der Waals surface area contributed by atoms with E-state index >= 15 is 0 Å². The number of fused-ring (bicyclic) bond motifs is 3. The summed E-state index contributed by atoms with van der Waals surface area (Å²) < 4.78 is 0. The third-order valence-corrected chi connectivity index (χ3v) is 4.76. The Kier molecular flexibility index (Phi) is 3.46. The number of nitrogens with one attached hydrogen (secondary N) is 1. The number of imide groups is 1. The SMILES string of the molecule is C=CC(=O)C1C(=O)NC(=O)C1=Cc1cccc2c1Cc1ccccc1-2. The number of carbonyl (C=O) groups is 3. The summed E-state index contributed by atoms with van der Waals surface area (Å²) in [6, 6.07) is 14.0. The normalized spacial score (nSPS) is 19.5. The van der Waals surface area contributed by atoms with Crippen molar-refractivity contribution in [3.63, 3.8) is 0 Å². The molecule has 1 saturated heterocycles. The van der Waals surface area contributed by atoms with Gasteiger partial charge in [0.2, 0.25) is 5.91 Å². The Labute approximate surface area is 144 Å². The third-order valence-electron chi connectivity index (χ3n) is 4.76. The highest BCUT2D eigenvalue weighted by atomic mass is 16.2. The molecule has 4 heteroatoms. The van der Waals surface area contributed by atoms with Crippen LogP contribution in [0.3, 0.4) is 0 Å². The van der Waals surface area contributed by atoms with E-state index in [9.17, 15) is 14.4 Å². The summed E-state index contributed by atoms with van der Waals surface area (Å²) >= 11 is 0. The Morgan fingerprint density at radius 2 is 1.84 bits per heavy atom. The Balaban J connectivity index is 1.83. The molecule has 1 unspecified atom stereocenters. The predicted octanol–water partition coefficient (Wildman–Crippen LogP) is 2.67. The van der Waals surface area contributed by atoms with Gasteiger partial charge in [-0.3, -0.25) is 19.7 Å². The molecule has 1 aliphatic heterocycles. The van der Waals surface area contributed by atoms with Crippen LogP contribution in [0.5, 0.6) is 0 Å². The molecule has 1 fully saturated rings. The van der Waals surface area contributed by atoms with Gasteiger partial charge in [-0.25, -0.2) is 0 Å². The molecule has 1 aliphatic carbocycles. The average molecular weight is 329 g/mol. The Hall–Kier alpha value is -3.27. The second kappa shape index (κ2) is 5.67. The number of allylic oxidation sites excluding steroid dienone is 1. The van der Waals surface area contributed by atoms with Gasteiger partial charge < -0.3 is 0 Å². The van der Waals surface area contributed by atoms with Crippen LogP contribution in [-0.4, -0.2) is 17.6 Å². The minimum atomic E-state index is -1.11. The van der Waals surface area contributed by atoms with E-state index in [0.717, 1.165) is 29.2 Å². The van der Waals surface area contributed by atoms with Gasteiger partial charge in [0.25, 0.3) is 5.91 Å². The first-order valence-electron chi connectivity index (χ1n) is 8.03. The number of amides is 2. The lowest BCUT2D eigenvalue weighted by Crippen LogP contribution is -2.25. The zero-order valence-corrected chi connectivity index (χ0v) is 13.4. The van der Waals surface area contributed by atoms with Crippen LogP contribution in [0.15, 0.2) is 60.7 Å². The lowest BCUT2D eigenvalue weighted by atomic mass is 9.92. The first kappa shape index (κ1) is 15.3. The van der Waals surface area contributed by atoms with Gasteiger partial charge in [-0.1, -0.05) is 49.0 Å². The highest BCUT2D eigenvalue weighted by molar-refractivity contribution is 6.26. The third kappa shape index (κ3) is 2.34. The van der Waals surface area contributed by atoms with E-state index in [1.807, 2.05) is 24.3 Å². The molecular formula is C21H15NO3. The molecule has 1 N–H and O–H groups in total. The van der Waals surface area contributed by atoms with Crippen molar-refractivity contribution in [2.45, 2.75) is 6.42 Å². The van der Waals surface area contributed by atoms with Gasteiger partial charge in [-0.2, -0.15) is 0 Å². The summed E-state index contributed by atoms with van der Waals surface area (Å²) in [5, 5.41) is 2.22. The summed E-state index contributed by atoms with van der Waals surface area (Å²) in [5.74, 6) is -2.68. The molecule has 0 spiro atoms. The summed E-state index contributed by atoms with van der Waals surface area (Å²) in [6.45, 7) is 3.42. The summed E-state index contributed by atoms with van der Waals surface area (Å²) in [7, 11) is 0. The maximum Gasteiger partial charge on any atom is 0.255 e. The van der Waals surface area contributed by atoms with Crippen LogP contribution >= 0.6 is 0 Å². The van der Waals surface area contributed by atoms with Gasteiger partial charge in [-0.15, -0.1) is 0 Å². The largest absolute Gasteiger partial charge is 0.294 e. The van der Waals surface area contributed by atoms with Crippen LogP contribution in [0.25, 0.3) is 17.2 Å². The molecule has 2 aliphatic rings. The fraction of sp³-hybridized carbons (Fsp3) is 0.0952. The Morgan fingerprint density at radius 1 is 1.08 bits per heavy atom. The smallest absolute Gasteiger partial charge is 0.255 e. The lowest BCUT2D eigenvalue weighted by Gasteiger charge is -2.07. The van der Waals surface area contributed by atoms with Crippen molar-refractivity contribution in [3.05, 3.63) is 77.4 Å². The highest BCUT2D eigenvalue weighted by Crippen LogP contribution is 2.39. The molecule has 0 radical (unpaired) electrons. The topological polar surface area (TPSA) is 63.2 Å². The quantitative estimate of drug-likeness (QED) is 0.456. The summed E-state index contributed by atoms with van der Waals surface area (Å²) in [4.78, 5) is 36.1. The molecule has 1 atom stereocenters. The van der Waals surface area contributed by atoms with Crippen molar-refractivity contribution in [3.8, 4) is 11.1 Å². The van der Waals surface area contributed by atoms with E-state index in [-0.39, 0.29) is 5.57 Å². The van der Waals surface area contributed by atoms with E-state index in [4.69, 9.17) is 0 Å². The monoisotopic (exact) mass is 329 g/mol. The van der Waals surface area contributed by atoms with Crippen LogP contribution in [0, 0.1) is 5.92 Å². The molecule has 0 bridgehead atoms. The Morgan fingerprint density at radius 3 is 2.64 bits per heavy atom. The second-order valence-electron chi connectivity index (χ2n) is 6.16. The number of ketones is 1. The minimum absolute atomic E-state index is 0.180. The molecule has 0 aromatic heterocycles. The number of benzene rings is 2. The predicted molar refractivity (Wildman–Crippen MR) is 94.5 cm³/mol. The van der Waals surface area contributed by atoms with Crippen molar-refractivity contribution >= 4 is 23.7 Å². The molecule has 25 heavy (non-hydrogen) atoms. The lowest BCUT2D eigenvalue weighted by molar-refractivity contribution is -0.129. The number of hydrogen-bond donors (Lipinski definition) is 1. The average Bonchev–Trinajstić information content (AvgIpc) is 3.12. The fourth-order valence-corrected chi connectivity index (χ4v) is 3.56. The van der Waals surface area contributed by atoms with Crippen molar-refractivity contribution in [1.82, 2.24) is 5.32 Å². The van der Waals surface area contributed by atoms with Crippen LogP contribution < -0.4 is 5.32 Å². The van der Waals surface area contributed by atoms with E-state index < -0.39 is 23.5 Å². The van der Waals surface area contributed by atoms with Crippen molar-refractivity contribution in [1.29, 1.82) is 0 Å². The number of rotatable bonds is 3. The van der Waals surface area contributed by atoms with Gasteiger partial charge >= 0.3 is 0 Å². The second-order valence-corrected chi connectivity index (χ2v) is 6.16. The number of hydrogen-bond acceptors (Lipinski definition) is 3. The molecule has 2 amide bonds. The zero-order chi connectivity index (χ0) is 17.6. The highest BCUT2D eigenvalue weighted by Gasteiger charge is 2.40. The van der Waals surface area contributed by atoms with Crippen LogP contribution in [-0.2, 0) is 20.8 Å². The van der Waals surface area contributed by atoms with Crippen molar-refractivity contribution in [2.24, 2.45) is 5.92 Å².